The highest BCUT2D eigenvalue weighted by Crippen LogP contribution is 2.03. The Morgan fingerprint density at radius 1 is 1.28 bits per heavy atom. The minimum absolute atomic E-state index is 0.311. The molecule has 18 heavy (non-hydrogen) atoms. The highest BCUT2D eigenvalue weighted by Gasteiger charge is 2.12. The van der Waals surface area contributed by atoms with Crippen molar-refractivity contribution < 1.29 is 9.53 Å². The summed E-state index contributed by atoms with van der Waals surface area (Å²) < 4.78 is 4.87. The van der Waals surface area contributed by atoms with Crippen molar-refractivity contribution in [2.45, 2.75) is 46.7 Å². The molecule has 0 aliphatic carbocycles. The van der Waals surface area contributed by atoms with Gasteiger partial charge in [-0.05, 0) is 34.6 Å². The van der Waals surface area contributed by atoms with Crippen LogP contribution in [0.5, 0.6) is 0 Å². The summed E-state index contributed by atoms with van der Waals surface area (Å²) in [5.41, 5.74) is 0.484. The largest absolute Gasteiger partial charge is 0.463 e. The number of rotatable bonds is 9. The molecule has 4 nitrogen and oxygen atoms in total. The summed E-state index contributed by atoms with van der Waals surface area (Å²) in [7, 11) is 0. The fourth-order valence-electron chi connectivity index (χ4n) is 1.87. The van der Waals surface area contributed by atoms with Crippen LogP contribution in [0, 0.1) is 0 Å². The number of esters is 1. The highest BCUT2D eigenvalue weighted by atomic mass is 16.5. The molecule has 0 heterocycles. The molecule has 0 amide bonds. The van der Waals surface area contributed by atoms with E-state index in [2.05, 4.69) is 44.5 Å². The van der Waals surface area contributed by atoms with Crippen molar-refractivity contribution in [1.29, 1.82) is 0 Å². The molecule has 0 unspecified atom stereocenters. The van der Waals surface area contributed by atoms with Gasteiger partial charge in [0.05, 0.1) is 6.61 Å². The first-order valence-electron chi connectivity index (χ1n) is 6.71. The van der Waals surface area contributed by atoms with Gasteiger partial charge in [-0.1, -0.05) is 6.58 Å². The zero-order valence-corrected chi connectivity index (χ0v) is 12.5. The van der Waals surface area contributed by atoms with E-state index in [0.717, 1.165) is 13.1 Å². The Kier molecular flexibility index (Phi) is 8.67. The van der Waals surface area contributed by atoms with Crippen molar-refractivity contribution in [3.05, 3.63) is 12.2 Å². The number of carbonyl (C=O) groups is 1. The molecule has 0 rings (SSSR count). The van der Waals surface area contributed by atoms with Gasteiger partial charge in [0.15, 0.2) is 0 Å². The van der Waals surface area contributed by atoms with E-state index in [1.54, 1.807) is 6.92 Å². The first-order chi connectivity index (χ1) is 8.40. The number of hydrogen-bond acceptors (Lipinski definition) is 4. The van der Waals surface area contributed by atoms with Gasteiger partial charge < -0.3 is 10.1 Å². The van der Waals surface area contributed by atoms with Gasteiger partial charge in [-0.3, -0.25) is 4.90 Å². The lowest BCUT2D eigenvalue weighted by atomic mass is 10.2. The third-order valence-corrected chi connectivity index (χ3v) is 2.78. The Morgan fingerprint density at radius 2 is 1.83 bits per heavy atom. The maximum absolute atomic E-state index is 11.3. The van der Waals surface area contributed by atoms with Gasteiger partial charge in [0.1, 0.15) is 0 Å². The summed E-state index contributed by atoms with van der Waals surface area (Å²) in [4.78, 5) is 13.7. The number of nitrogens with one attached hydrogen (secondary N) is 1. The maximum atomic E-state index is 11.3. The van der Waals surface area contributed by atoms with Crippen molar-refractivity contribution >= 4 is 5.97 Å². The van der Waals surface area contributed by atoms with Crippen LogP contribution < -0.4 is 5.32 Å². The average molecular weight is 256 g/mol. The van der Waals surface area contributed by atoms with Crippen molar-refractivity contribution in [3.8, 4) is 0 Å². The average Bonchev–Trinajstić information content (AvgIpc) is 2.27. The second-order valence-electron chi connectivity index (χ2n) is 4.93. The van der Waals surface area contributed by atoms with Crippen LogP contribution in [0.2, 0.25) is 0 Å². The lowest BCUT2D eigenvalue weighted by Gasteiger charge is -2.30. The van der Waals surface area contributed by atoms with Crippen LogP contribution in [0.25, 0.3) is 0 Å². The predicted octanol–water partition coefficient (Wildman–Crippen LogP) is 1.81. The van der Waals surface area contributed by atoms with Gasteiger partial charge in [0, 0.05) is 37.3 Å². The molecule has 0 aliphatic heterocycles. The minimum Gasteiger partial charge on any atom is -0.463 e. The highest BCUT2D eigenvalue weighted by molar-refractivity contribution is 5.88. The Balaban J connectivity index is 3.85. The van der Waals surface area contributed by atoms with Gasteiger partial charge in [-0.25, -0.2) is 4.79 Å². The van der Waals surface area contributed by atoms with E-state index < -0.39 is 0 Å². The van der Waals surface area contributed by atoms with Gasteiger partial charge in [0.2, 0.25) is 0 Å². The topological polar surface area (TPSA) is 41.6 Å². The van der Waals surface area contributed by atoms with E-state index in [1.807, 2.05) is 0 Å². The first-order valence-corrected chi connectivity index (χ1v) is 6.71. The third-order valence-electron chi connectivity index (χ3n) is 2.78. The summed E-state index contributed by atoms with van der Waals surface area (Å²) in [5.74, 6) is -0.311. The zero-order valence-electron chi connectivity index (χ0n) is 12.5. The fourth-order valence-corrected chi connectivity index (χ4v) is 1.87. The smallest absolute Gasteiger partial charge is 0.334 e. The lowest BCUT2D eigenvalue weighted by Crippen LogP contribution is -2.41. The molecule has 0 fully saturated rings. The molecule has 106 valence electrons. The number of carbonyl (C=O) groups excluding carboxylic acids is 1. The molecule has 4 heteroatoms. The quantitative estimate of drug-likeness (QED) is 0.388. The Bertz CT molecular complexity index is 255. The van der Waals surface area contributed by atoms with Gasteiger partial charge in [0.25, 0.3) is 0 Å². The van der Waals surface area contributed by atoms with E-state index in [1.165, 1.54) is 0 Å². The molecular weight excluding hydrogens is 228 g/mol. The van der Waals surface area contributed by atoms with E-state index in [-0.39, 0.29) is 5.97 Å². The molecule has 0 atom stereocenters. The molecule has 0 radical (unpaired) electrons. The Hall–Kier alpha value is -0.870. The van der Waals surface area contributed by atoms with Crippen molar-refractivity contribution in [1.82, 2.24) is 10.2 Å². The standard InChI is InChI=1S/C14H28N2O2/c1-7-18-14(17)13(6)10-15-8-9-16(11(2)3)12(4)5/h11-12,15H,6-10H2,1-5H3. The molecular formula is C14H28N2O2. The first kappa shape index (κ1) is 17.1. The monoisotopic (exact) mass is 256 g/mol. The third kappa shape index (κ3) is 6.77. The van der Waals surface area contributed by atoms with E-state index in [9.17, 15) is 4.79 Å². The summed E-state index contributed by atoms with van der Waals surface area (Å²) in [6.45, 7) is 17.0. The molecule has 0 saturated carbocycles. The van der Waals surface area contributed by atoms with Gasteiger partial charge in [-0.2, -0.15) is 0 Å². The predicted molar refractivity (Wildman–Crippen MR) is 75.6 cm³/mol. The summed E-state index contributed by atoms with van der Waals surface area (Å²) >= 11 is 0. The molecule has 0 aliphatic rings. The Labute approximate surface area is 111 Å². The molecule has 0 bridgehead atoms. The fraction of sp³-hybridized carbons (Fsp3) is 0.786. The maximum Gasteiger partial charge on any atom is 0.334 e. The van der Waals surface area contributed by atoms with Gasteiger partial charge in [-0.15, -0.1) is 0 Å². The van der Waals surface area contributed by atoms with Crippen molar-refractivity contribution in [3.63, 3.8) is 0 Å². The van der Waals surface area contributed by atoms with Crippen LogP contribution in [0.15, 0.2) is 12.2 Å². The van der Waals surface area contributed by atoms with E-state index >= 15 is 0 Å². The molecule has 0 aromatic carbocycles. The minimum atomic E-state index is -0.311. The SMILES string of the molecule is C=C(CNCCN(C(C)C)C(C)C)C(=O)OCC. The number of ether oxygens (including phenoxy) is 1. The van der Waals surface area contributed by atoms with Crippen molar-refractivity contribution in [2.24, 2.45) is 0 Å². The van der Waals surface area contributed by atoms with Crippen LogP contribution >= 0.6 is 0 Å². The van der Waals surface area contributed by atoms with Gasteiger partial charge >= 0.3 is 5.97 Å². The number of nitrogens with zero attached hydrogens (tertiary/aromatic N) is 1. The molecule has 1 N–H and O–H groups in total. The molecule has 0 aromatic rings. The van der Waals surface area contributed by atoms with E-state index in [0.29, 0.717) is 30.8 Å². The van der Waals surface area contributed by atoms with Crippen LogP contribution in [0.4, 0.5) is 0 Å². The Morgan fingerprint density at radius 3 is 2.28 bits per heavy atom. The zero-order chi connectivity index (χ0) is 14.1. The summed E-state index contributed by atoms with van der Waals surface area (Å²) in [6.07, 6.45) is 0. The second-order valence-corrected chi connectivity index (χ2v) is 4.93. The normalized spacial score (nSPS) is 11.3. The van der Waals surface area contributed by atoms with Crippen LogP contribution in [-0.2, 0) is 9.53 Å². The van der Waals surface area contributed by atoms with E-state index in [4.69, 9.17) is 4.74 Å². The van der Waals surface area contributed by atoms with Crippen molar-refractivity contribution in [2.75, 3.05) is 26.2 Å². The number of hydrogen-bond donors (Lipinski definition) is 1. The van der Waals surface area contributed by atoms with Crippen LogP contribution in [0.3, 0.4) is 0 Å². The molecule has 0 aromatic heterocycles. The van der Waals surface area contributed by atoms with Crippen LogP contribution in [0.1, 0.15) is 34.6 Å². The molecule has 0 saturated heterocycles. The summed E-state index contributed by atoms with van der Waals surface area (Å²) in [6, 6.07) is 1.06. The lowest BCUT2D eigenvalue weighted by molar-refractivity contribution is -0.138. The summed E-state index contributed by atoms with van der Waals surface area (Å²) in [5, 5.41) is 3.22. The van der Waals surface area contributed by atoms with Crippen LogP contribution in [-0.4, -0.2) is 49.2 Å². The molecule has 0 spiro atoms. The second kappa shape index (κ2) is 9.11.